The number of fused-ring (bicyclic) bond motifs is 1. The molecule has 0 bridgehead atoms. The Balaban J connectivity index is 1.74. The summed E-state index contributed by atoms with van der Waals surface area (Å²) in [5, 5.41) is 1.86. The van der Waals surface area contributed by atoms with Crippen molar-refractivity contribution in [2.24, 2.45) is 0 Å². The van der Waals surface area contributed by atoms with Gasteiger partial charge < -0.3 is 4.90 Å². The SMILES string of the molecule is CC(Cc1ccc(Cl)cc1)N(C)C(=O)c1cc2ccccc2s1. The number of likely N-dealkylation sites (N-methyl/N-ethyl adjacent to an activating group) is 1. The molecule has 0 saturated heterocycles. The van der Waals surface area contributed by atoms with Gasteiger partial charge in [0.1, 0.15) is 0 Å². The van der Waals surface area contributed by atoms with Gasteiger partial charge in [-0.3, -0.25) is 4.79 Å². The third-order valence-electron chi connectivity index (χ3n) is 4.06. The molecule has 1 unspecified atom stereocenters. The molecule has 0 radical (unpaired) electrons. The molecule has 0 N–H and O–H groups in total. The number of nitrogens with zero attached hydrogens (tertiary/aromatic N) is 1. The fourth-order valence-corrected chi connectivity index (χ4v) is 3.73. The van der Waals surface area contributed by atoms with Gasteiger partial charge >= 0.3 is 0 Å². The number of benzene rings is 2. The lowest BCUT2D eigenvalue weighted by atomic mass is 10.1. The number of amides is 1. The summed E-state index contributed by atoms with van der Waals surface area (Å²) in [6, 6.07) is 18.0. The first-order valence-electron chi connectivity index (χ1n) is 7.55. The van der Waals surface area contributed by atoms with Crippen LogP contribution in [-0.2, 0) is 6.42 Å². The fraction of sp³-hybridized carbons (Fsp3) is 0.211. The van der Waals surface area contributed by atoms with Crippen LogP contribution in [-0.4, -0.2) is 23.9 Å². The molecule has 1 amide bonds. The summed E-state index contributed by atoms with van der Waals surface area (Å²) in [5.74, 6) is 0.0765. The van der Waals surface area contributed by atoms with Crippen LogP contribution >= 0.6 is 22.9 Å². The molecule has 118 valence electrons. The first-order chi connectivity index (χ1) is 11.0. The summed E-state index contributed by atoms with van der Waals surface area (Å²) in [7, 11) is 1.87. The molecular formula is C19H18ClNOS. The third-order valence-corrected chi connectivity index (χ3v) is 5.42. The molecule has 1 atom stereocenters. The van der Waals surface area contributed by atoms with Gasteiger partial charge in [-0.05, 0) is 48.6 Å². The molecule has 2 aromatic carbocycles. The molecular weight excluding hydrogens is 326 g/mol. The average Bonchev–Trinajstić information content (AvgIpc) is 2.99. The van der Waals surface area contributed by atoms with Gasteiger partial charge in [0.05, 0.1) is 4.88 Å². The summed E-state index contributed by atoms with van der Waals surface area (Å²) in [6.45, 7) is 2.07. The van der Waals surface area contributed by atoms with Gasteiger partial charge in [0.25, 0.3) is 5.91 Å². The van der Waals surface area contributed by atoms with Crippen molar-refractivity contribution in [2.75, 3.05) is 7.05 Å². The lowest BCUT2D eigenvalue weighted by Gasteiger charge is -2.24. The van der Waals surface area contributed by atoms with Gasteiger partial charge in [0.2, 0.25) is 0 Å². The van der Waals surface area contributed by atoms with Crippen molar-refractivity contribution in [3.05, 3.63) is 70.1 Å². The molecule has 0 aliphatic carbocycles. The van der Waals surface area contributed by atoms with Crippen molar-refractivity contribution in [2.45, 2.75) is 19.4 Å². The zero-order valence-corrected chi connectivity index (χ0v) is 14.7. The van der Waals surface area contributed by atoms with E-state index in [9.17, 15) is 4.79 Å². The second-order valence-corrected chi connectivity index (χ2v) is 7.26. The summed E-state index contributed by atoms with van der Waals surface area (Å²) in [5.41, 5.74) is 1.18. The summed E-state index contributed by atoms with van der Waals surface area (Å²) in [6.07, 6.45) is 0.810. The van der Waals surface area contributed by atoms with E-state index in [1.807, 2.05) is 66.5 Å². The normalized spacial score (nSPS) is 12.3. The van der Waals surface area contributed by atoms with Crippen molar-refractivity contribution in [3.63, 3.8) is 0 Å². The number of carbonyl (C=O) groups is 1. The van der Waals surface area contributed by atoms with Crippen molar-refractivity contribution >= 4 is 38.9 Å². The van der Waals surface area contributed by atoms with Crippen molar-refractivity contribution in [1.82, 2.24) is 4.90 Å². The smallest absolute Gasteiger partial charge is 0.263 e. The third kappa shape index (κ3) is 3.57. The number of hydrogen-bond donors (Lipinski definition) is 0. The minimum Gasteiger partial charge on any atom is -0.338 e. The van der Waals surface area contributed by atoms with E-state index < -0.39 is 0 Å². The van der Waals surface area contributed by atoms with E-state index >= 15 is 0 Å². The molecule has 1 heterocycles. The van der Waals surface area contributed by atoms with Crippen LogP contribution in [0.2, 0.25) is 5.02 Å². The molecule has 0 saturated carbocycles. The van der Waals surface area contributed by atoms with Crippen molar-refractivity contribution in [3.8, 4) is 0 Å². The Bertz CT molecular complexity index is 792. The van der Waals surface area contributed by atoms with Crippen LogP contribution in [0.25, 0.3) is 10.1 Å². The molecule has 0 aliphatic heterocycles. The van der Waals surface area contributed by atoms with E-state index in [2.05, 4.69) is 6.92 Å². The Hall–Kier alpha value is -1.84. The maximum atomic E-state index is 12.7. The zero-order valence-electron chi connectivity index (χ0n) is 13.1. The Morgan fingerprint density at radius 1 is 1.17 bits per heavy atom. The highest BCUT2D eigenvalue weighted by molar-refractivity contribution is 7.20. The molecule has 0 spiro atoms. The maximum Gasteiger partial charge on any atom is 0.263 e. The highest BCUT2D eigenvalue weighted by atomic mass is 35.5. The lowest BCUT2D eigenvalue weighted by molar-refractivity contribution is 0.0748. The molecule has 3 rings (SSSR count). The van der Waals surface area contributed by atoms with Crippen LogP contribution in [0.15, 0.2) is 54.6 Å². The first-order valence-corrected chi connectivity index (χ1v) is 8.74. The Kier molecular flexibility index (Phi) is 4.69. The Morgan fingerprint density at radius 2 is 1.87 bits per heavy atom. The van der Waals surface area contributed by atoms with Crippen LogP contribution in [0.3, 0.4) is 0 Å². The number of halogens is 1. The second kappa shape index (κ2) is 6.73. The molecule has 0 aliphatic rings. The Morgan fingerprint density at radius 3 is 2.57 bits per heavy atom. The lowest BCUT2D eigenvalue weighted by Crippen LogP contribution is -2.36. The van der Waals surface area contributed by atoms with Gasteiger partial charge in [-0.1, -0.05) is 41.9 Å². The zero-order chi connectivity index (χ0) is 16.4. The second-order valence-electron chi connectivity index (χ2n) is 5.74. The van der Waals surface area contributed by atoms with Gasteiger partial charge in [-0.15, -0.1) is 11.3 Å². The highest BCUT2D eigenvalue weighted by Crippen LogP contribution is 2.26. The standard InChI is InChI=1S/C19H18ClNOS/c1-13(11-14-7-9-16(20)10-8-14)21(2)19(22)18-12-15-5-3-4-6-17(15)23-18/h3-10,12-13H,11H2,1-2H3. The quantitative estimate of drug-likeness (QED) is 0.633. The van der Waals surface area contributed by atoms with E-state index in [-0.39, 0.29) is 11.9 Å². The van der Waals surface area contributed by atoms with Crippen LogP contribution in [0.1, 0.15) is 22.2 Å². The fourth-order valence-electron chi connectivity index (χ4n) is 2.56. The number of thiophene rings is 1. The predicted molar refractivity (Wildman–Crippen MR) is 98.5 cm³/mol. The topological polar surface area (TPSA) is 20.3 Å². The van der Waals surface area contributed by atoms with Crippen molar-refractivity contribution in [1.29, 1.82) is 0 Å². The highest BCUT2D eigenvalue weighted by Gasteiger charge is 2.19. The van der Waals surface area contributed by atoms with E-state index in [4.69, 9.17) is 11.6 Å². The number of carbonyl (C=O) groups excluding carboxylic acids is 1. The Labute approximate surface area is 145 Å². The molecule has 4 heteroatoms. The van der Waals surface area contributed by atoms with Gasteiger partial charge in [0.15, 0.2) is 0 Å². The van der Waals surface area contributed by atoms with Crippen LogP contribution in [0, 0.1) is 0 Å². The number of rotatable bonds is 4. The summed E-state index contributed by atoms with van der Waals surface area (Å²) in [4.78, 5) is 15.3. The minimum atomic E-state index is 0.0765. The van der Waals surface area contributed by atoms with Gasteiger partial charge in [-0.25, -0.2) is 0 Å². The minimum absolute atomic E-state index is 0.0765. The molecule has 23 heavy (non-hydrogen) atoms. The average molecular weight is 344 g/mol. The van der Waals surface area contributed by atoms with E-state index in [0.29, 0.717) is 0 Å². The number of hydrogen-bond acceptors (Lipinski definition) is 2. The molecule has 1 aromatic heterocycles. The first kappa shape index (κ1) is 16.0. The van der Waals surface area contributed by atoms with E-state index in [0.717, 1.165) is 26.4 Å². The summed E-state index contributed by atoms with van der Waals surface area (Å²) >= 11 is 7.47. The van der Waals surface area contributed by atoms with Crippen molar-refractivity contribution < 1.29 is 4.79 Å². The largest absolute Gasteiger partial charge is 0.338 e. The molecule has 3 aromatic rings. The van der Waals surface area contributed by atoms with Crippen LogP contribution < -0.4 is 0 Å². The predicted octanol–water partition coefficient (Wildman–Crippen LogP) is 5.26. The van der Waals surface area contributed by atoms with Crippen LogP contribution in [0.4, 0.5) is 0 Å². The maximum absolute atomic E-state index is 12.7. The molecule has 0 fully saturated rings. The monoisotopic (exact) mass is 343 g/mol. The van der Waals surface area contributed by atoms with Gasteiger partial charge in [-0.2, -0.15) is 0 Å². The van der Waals surface area contributed by atoms with E-state index in [1.165, 1.54) is 5.56 Å². The van der Waals surface area contributed by atoms with Gasteiger partial charge in [0, 0.05) is 22.8 Å². The van der Waals surface area contributed by atoms with Crippen LogP contribution in [0.5, 0.6) is 0 Å². The summed E-state index contributed by atoms with van der Waals surface area (Å²) < 4.78 is 1.15. The van der Waals surface area contributed by atoms with E-state index in [1.54, 1.807) is 11.3 Å². The molecule has 2 nitrogen and oxygen atoms in total.